The van der Waals surface area contributed by atoms with Gasteiger partial charge in [0, 0.05) is 30.2 Å². The number of hydrogen-bond donors (Lipinski definition) is 2. The van der Waals surface area contributed by atoms with Gasteiger partial charge >= 0.3 is 0 Å². The number of halogens is 1. The third kappa shape index (κ3) is 6.48. The van der Waals surface area contributed by atoms with Crippen molar-refractivity contribution < 1.29 is 31.5 Å². The van der Waals surface area contributed by atoms with Gasteiger partial charge in [-0.2, -0.15) is 4.31 Å². The fraction of sp³-hybridized carbons (Fsp3) is 0.435. The second-order valence-electron chi connectivity index (χ2n) is 8.95. The summed E-state index contributed by atoms with van der Waals surface area (Å²) in [5, 5.41) is 10.2. The number of sulfonamides is 2. The maximum Gasteiger partial charge on any atom is 0.258 e. The van der Waals surface area contributed by atoms with E-state index >= 15 is 0 Å². The Morgan fingerprint density at radius 2 is 1.83 bits per heavy atom. The highest BCUT2D eigenvalue weighted by Gasteiger charge is 2.35. The second-order valence-corrected chi connectivity index (χ2v) is 13.2. The van der Waals surface area contributed by atoms with Crippen molar-refractivity contribution in [3.05, 3.63) is 53.1 Å². The molecule has 0 saturated heterocycles. The Morgan fingerprint density at radius 3 is 2.42 bits per heavy atom. The summed E-state index contributed by atoms with van der Waals surface area (Å²) >= 11 is 5.89. The Bertz CT molecular complexity index is 1320. The highest BCUT2D eigenvalue weighted by Crippen LogP contribution is 2.31. The fourth-order valence-corrected chi connectivity index (χ4v) is 5.72. The Labute approximate surface area is 216 Å². The number of anilines is 1. The minimum Gasteiger partial charge on any atom is -0.488 e. The summed E-state index contributed by atoms with van der Waals surface area (Å²) in [6, 6.07) is 9.61. The minimum atomic E-state index is -3.85. The van der Waals surface area contributed by atoms with Crippen molar-refractivity contribution in [3.63, 3.8) is 0 Å². The van der Waals surface area contributed by atoms with Crippen LogP contribution in [0.2, 0.25) is 5.02 Å². The number of rotatable bonds is 8. The molecule has 2 N–H and O–H groups in total. The van der Waals surface area contributed by atoms with Crippen molar-refractivity contribution in [2.45, 2.75) is 30.9 Å². The van der Waals surface area contributed by atoms with Gasteiger partial charge in [-0.3, -0.25) is 9.52 Å². The molecule has 1 aliphatic rings. The SMILES string of the molecule is C[C@H](CO)N1C[C@H](C)[C@H](CN(C)S(=O)(=O)c2ccc(Cl)cc2)Oc2ccc(NS(C)(=O)=O)cc2C1=O. The first-order valence-corrected chi connectivity index (χ1v) is 14.9. The van der Waals surface area contributed by atoms with E-state index in [1.807, 2.05) is 6.92 Å². The van der Waals surface area contributed by atoms with Gasteiger partial charge in [0.25, 0.3) is 5.91 Å². The number of amides is 1. The highest BCUT2D eigenvalue weighted by molar-refractivity contribution is 7.92. The van der Waals surface area contributed by atoms with Crippen LogP contribution in [0.25, 0.3) is 0 Å². The molecule has 2 aromatic rings. The van der Waals surface area contributed by atoms with Gasteiger partial charge in [0.05, 0.1) is 35.9 Å². The Morgan fingerprint density at radius 1 is 1.19 bits per heavy atom. The zero-order valence-electron chi connectivity index (χ0n) is 20.4. The van der Waals surface area contributed by atoms with E-state index in [-0.39, 0.29) is 47.5 Å². The van der Waals surface area contributed by atoms with Gasteiger partial charge in [0.15, 0.2) is 0 Å². The molecule has 1 amide bonds. The van der Waals surface area contributed by atoms with Crippen LogP contribution in [-0.4, -0.2) is 82.2 Å². The van der Waals surface area contributed by atoms with E-state index in [0.717, 1.165) is 6.26 Å². The predicted molar refractivity (Wildman–Crippen MR) is 137 cm³/mol. The lowest BCUT2D eigenvalue weighted by molar-refractivity contribution is 0.0387. The number of nitrogens with zero attached hydrogens (tertiary/aromatic N) is 2. The van der Waals surface area contributed by atoms with Crippen LogP contribution in [-0.2, 0) is 20.0 Å². The molecule has 0 aromatic heterocycles. The van der Waals surface area contributed by atoms with Gasteiger partial charge < -0.3 is 14.7 Å². The highest BCUT2D eigenvalue weighted by atomic mass is 35.5. The third-order valence-corrected chi connectivity index (χ3v) is 8.62. The monoisotopic (exact) mass is 559 g/mol. The van der Waals surface area contributed by atoms with Crippen LogP contribution < -0.4 is 9.46 Å². The molecule has 0 fully saturated rings. The molecule has 1 aliphatic heterocycles. The summed E-state index contributed by atoms with van der Waals surface area (Å²) in [4.78, 5) is 15.0. The fourth-order valence-electron chi connectivity index (χ4n) is 3.86. The Hall–Kier alpha value is -2.38. The van der Waals surface area contributed by atoms with Crippen LogP contribution in [0.3, 0.4) is 0 Å². The van der Waals surface area contributed by atoms with Crippen LogP contribution in [0.15, 0.2) is 47.4 Å². The van der Waals surface area contributed by atoms with E-state index in [0.29, 0.717) is 5.02 Å². The third-order valence-electron chi connectivity index (χ3n) is 5.93. The maximum atomic E-state index is 13.4. The van der Waals surface area contributed by atoms with Crippen LogP contribution in [0.4, 0.5) is 5.69 Å². The summed E-state index contributed by atoms with van der Waals surface area (Å²) in [7, 11) is -6.00. The molecule has 0 spiro atoms. The lowest BCUT2D eigenvalue weighted by atomic mass is 9.99. The van der Waals surface area contributed by atoms with Gasteiger partial charge in [-0.05, 0) is 49.4 Å². The van der Waals surface area contributed by atoms with Crippen molar-refractivity contribution >= 4 is 43.2 Å². The number of fused-ring (bicyclic) bond motifs is 1. The predicted octanol–water partition coefficient (Wildman–Crippen LogP) is 2.25. The first kappa shape index (κ1) is 28.2. The molecule has 0 bridgehead atoms. The van der Waals surface area contributed by atoms with Crippen molar-refractivity contribution in [1.29, 1.82) is 0 Å². The number of aliphatic hydroxyl groups excluding tert-OH is 1. The van der Waals surface area contributed by atoms with Crippen molar-refractivity contribution in [2.75, 3.05) is 37.7 Å². The largest absolute Gasteiger partial charge is 0.488 e. The van der Waals surface area contributed by atoms with Crippen LogP contribution in [0.1, 0.15) is 24.2 Å². The van der Waals surface area contributed by atoms with E-state index in [9.17, 15) is 26.7 Å². The topological polar surface area (TPSA) is 133 Å². The molecule has 1 heterocycles. The normalized spacial score (nSPS) is 19.8. The number of nitrogens with one attached hydrogen (secondary N) is 1. The first-order chi connectivity index (χ1) is 16.7. The lowest BCUT2D eigenvalue weighted by Gasteiger charge is -2.38. The second kappa shape index (κ2) is 10.9. The number of aliphatic hydroxyl groups is 1. The Kier molecular flexibility index (Phi) is 8.56. The molecule has 3 rings (SSSR count). The summed E-state index contributed by atoms with van der Waals surface area (Å²) in [6.07, 6.45) is 0.336. The number of ether oxygens (including phenoxy) is 1. The Balaban J connectivity index is 1.99. The maximum absolute atomic E-state index is 13.4. The molecule has 198 valence electrons. The molecule has 10 nitrogen and oxygen atoms in total. The molecule has 2 aromatic carbocycles. The number of carbonyl (C=O) groups is 1. The summed E-state index contributed by atoms with van der Waals surface area (Å²) in [5.41, 5.74) is 0.279. The summed E-state index contributed by atoms with van der Waals surface area (Å²) in [5.74, 6) is -0.563. The van der Waals surface area contributed by atoms with Crippen molar-refractivity contribution in [3.8, 4) is 5.75 Å². The van der Waals surface area contributed by atoms with Gasteiger partial charge in [0.1, 0.15) is 11.9 Å². The summed E-state index contributed by atoms with van der Waals surface area (Å²) in [6.45, 7) is 3.40. The smallest absolute Gasteiger partial charge is 0.258 e. The molecule has 0 unspecified atom stereocenters. The van der Waals surface area contributed by atoms with E-state index in [4.69, 9.17) is 16.3 Å². The molecule has 13 heteroatoms. The summed E-state index contributed by atoms with van der Waals surface area (Å²) < 4.78 is 59.4. The van der Waals surface area contributed by atoms with Crippen LogP contribution in [0, 0.1) is 5.92 Å². The van der Waals surface area contributed by atoms with E-state index in [2.05, 4.69) is 4.72 Å². The molecular formula is C23H30ClN3O7S2. The zero-order valence-corrected chi connectivity index (χ0v) is 22.8. The van der Waals surface area contributed by atoms with Crippen LogP contribution in [0.5, 0.6) is 5.75 Å². The molecule has 0 saturated carbocycles. The van der Waals surface area contributed by atoms with E-state index in [1.54, 1.807) is 6.92 Å². The molecule has 0 radical (unpaired) electrons. The van der Waals surface area contributed by atoms with Crippen molar-refractivity contribution in [2.24, 2.45) is 5.92 Å². The van der Waals surface area contributed by atoms with Gasteiger partial charge in [-0.25, -0.2) is 16.8 Å². The zero-order chi connectivity index (χ0) is 26.8. The van der Waals surface area contributed by atoms with Gasteiger partial charge in [-0.15, -0.1) is 0 Å². The molecule has 0 aliphatic carbocycles. The molecule has 3 atom stereocenters. The number of likely N-dealkylation sites (N-methyl/N-ethyl adjacent to an activating group) is 1. The van der Waals surface area contributed by atoms with Gasteiger partial charge in [-0.1, -0.05) is 18.5 Å². The number of hydrogen-bond acceptors (Lipinski definition) is 7. The average molecular weight is 560 g/mol. The average Bonchev–Trinajstić information content (AvgIpc) is 2.80. The quantitative estimate of drug-likeness (QED) is 0.506. The standard InChI is InChI=1S/C23H30ClN3O7S2/c1-15-12-27(16(2)14-28)23(29)20-11-18(25-35(4,30)31)7-10-21(20)34-22(15)13-26(3)36(32,33)19-8-5-17(24)6-9-19/h5-11,15-16,22,25,28H,12-14H2,1-4H3/t15-,16+,22-/m0/s1. The number of carbonyl (C=O) groups excluding carboxylic acids is 1. The van der Waals surface area contributed by atoms with Gasteiger partial charge in [0.2, 0.25) is 20.0 Å². The molecular weight excluding hydrogens is 530 g/mol. The van der Waals surface area contributed by atoms with Crippen molar-refractivity contribution in [1.82, 2.24) is 9.21 Å². The minimum absolute atomic E-state index is 0.0234. The lowest BCUT2D eigenvalue weighted by Crippen LogP contribution is -2.50. The first-order valence-electron chi connectivity index (χ1n) is 11.1. The number of benzene rings is 2. The van der Waals surface area contributed by atoms with E-state index < -0.39 is 38.1 Å². The van der Waals surface area contributed by atoms with Crippen LogP contribution >= 0.6 is 11.6 Å². The van der Waals surface area contributed by atoms with E-state index in [1.165, 1.54) is 58.7 Å². The molecule has 36 heavy (non-hydrogen) atoms.